The lowest BCUT2D eigenvalue weighted by atomic mass is 9.81. The number of nitroso groups, excluding NO2 is 1. The van der Waals surface area contributed by atoms with Crippen molar-refractivity contribution in [2.24, 2.45) is 5.18 Å². The molecule has 0 unspecified atom stereocenters. The van der Waals surface area contributed by atoms with Gasteiger partial charge >= 0.3 is 0 Å². The molecule has 3 N–H and O–H groups in total. The van der Waals surface area contributed by atoms with E-state index in [9.17, 15) is 4.91 Å². The molecule has 1 fully saturated rings. The Balaban J connectivity index is 1.88. The van der Waals surface area contributed by atoms with Gasteiger partial charge in [0.25, 0.3) is 0 Å². The monoisotopic (exact) mass is 342 g/mol. The molecule has 1 aliphatic heterocycles. The summed E-state index contributed by atoms with van der Waals surface area (Å²) in [5, 5.41) is 11.6. The van der Waals surface area contributed by atoms with E-state index >= 15 is 0 Å². The van der Waals surface area contributed by atoms with Crippen LogP contribution in [0, 0.1) is 10.3 Å². The van der Waals surface area contributed by atoms with E-state index in [0.29, 0.717) is 42.2 Å². The second-order valence-electron chi connectivity index (χ2n) is 6.05. The van der Waals surface area contributed by atoms with Crippen LogP contribution in [0.1, 0.15) is 24.0 Å². The first-order valence-electron chi connectivity index (χ1n) is 7.84. The van der Waals surface area contributed by atoms with E-state index in [2.05, 4.69) is 10.1 Å². The Hall–Kier alpha value is -2.40. The smallest absolute Gasteiger partial charge is 0.131 e. The molecule has 3 rings (SSSR count). The number of halogens is 1. The molecule has 5 nitrogen and oxygen atoms in total. The van der Waals surface area contributed by atoms with E-state index < -0.39 is 5.54 Å². The fraction of sp³-hybridized carbons (Fsp3) is 0.278. The largest absolute Gasteiger partial charge is 0.398 e. The highest BCUT2D eigenvalue weighted by atomic mass is 35.5. The number of hydrogen-bond acceptors (Lipinski definition) is 5. The highest BCUT2D eigenvalue weighted by Gasteiger charge is 2.38. The number of nitrogens with two attached hydrogens (primary N) is 1. The minimum absolute atomic E-state index is 0.487. The Morgan fingerprint density at radius 1 is 1.21 bits per heavy atom. The molecular weight excluding hydrogens is 324 g/mol. The van der Waals surface area contributed by atoms with Crippen LogP contribution in [0.15, 0.2) is 47.6 Å². The molecular formula is C18H19ClN4O. The molecule has 124 valence electrons. The number of benzene rings is 2. The third kappa shape index (κ3) is 2.87. The maximum atomic E-state index is 11.6. The molecule has 0 bridgehead atoms. The number of piperidine rings is 1. The Kier molecular flexibility index (Phi) is 4.53. The summed E-state index contributed by atoms with van der Waals surface area (Å²) < 4.78 is 0. The maximum absolute atomic E-state index is 11.6. The zero-order valence-corrected chi connectivity index (χ0v) is 14.0. The van der Waals surface area contributed by atoms with Gasteiger partial charge in [-0.2, -0.15) is 0 Å². The molecule has 1 heterocycles. The van der Waals surface area contributed by atoms with Crippen molar-refractivity contribution >= 4 is 29.2 Å². The van der Waals surface area contributed by atoms with Crippen molar-refractivity contribution in [3.05, 3.63) is 63.5 Å². The second kappa shape index (κ2) is 6.61. The molecule has 0 aromatic heterocycles. The number of nitrogens with zero attached hydrogens (tertiary/aromatic N) is 2. The quantitative estimate of drug-likeness (QED) is 0.496. The predicted molar refractivity (Wildman–Crippen MR) is 99.1 cm³/mol. The average molecular weight is 343 g/mol. The summed E-state index contributed by atoms with van der Waals surface area (Å²) in [5.74, 6) is 0. The summed E-state index contributed by atoms with van der Waals surface area (Å²) in [6.45, 7) is 1.31. The Morgan fingerprint density at radius 2 is 1.88 bits per heavy atom. The highest BCUT2D eigenvalue weighted by molar-refractivity contribution is 6.31. The molecule has 2 aromatic rings. The number of anilines is 2. The van der Waals surface area contributed by atoms with E-state index in [1.54, 1.807) is 6.07 Å². The molecule has 0 spiro atoms. The second-order valence-corrected chi connectivity index (χ2v) is 6.48. The molecule has 6 heteroatoms. The molecule has 0 amide bonds. The van der Waals surface area contributed by atoms with Gasteiger partial charge in [-0.1, -0.05) is 47.1 Å². The fourth-order valence-corrected chi connectivity index (χ4v) is 3.56. The van der Waals surface area contributed by atoms with Gasteiger partial charge in [-0.25, -0.2) is 0 Å². The molecule has 0 aliphatic carbocycles. The molecule has 1 saturated heterocycles. The lowest BCUT2D eigenvalue weighted by Gasteiger charge is -2.39. The standard InChI is InChI=1S/C18H19ClN4O/c19-14-10-16(21)15(12-20)17(11-14)23-8-6-18(22-24,7-9-23)13-4-2-1-3-5-13/h1-5,10-12,20H,6-9,21H2. The number of nitrogens with one attached hydrogen (secondary N) is 1. The van der Waals surface area contributed by atoms with Gasteiger partial charge in [-0.05, 0) is 30.5 Å². The highest BCUT2D eigenvalue weighted by Crippen LogP contribution is 2.39. The molecule has 1 aliphatic rings. The van der Waals surface area contributed by atoms with Crippen LogP contribution in [0.3, 0.4) is 0 Å². The van der Waals surface area contributed by atoms with Gasteiger partial charge in [0.2, 0.25) is 0 Å². The van der Waals surface area contributed by atoms with Crippen LogP contribution in [0.2, 0.25) is 5.02 Å². The maximum Gasteiger partial charge on any atom is 0.131 e. The van der Waals surface area contributed by atoms with Gasteiger partial charge in [-0.3, -0.25) is 0 Å². The summed E-state index contributed by atoms with van der Waals surface area (Å²) in [6.07, 6.45) is 2.48. The van der Waals surface area contributed by atoms with Crippen LogP contribution in [0.4, 0.5) is 11.4 Å². The summed E-state index contributed by atoms with van der Waals surface area (Å²) in [7, 11) is 0. The van der Waals surface area contributed by atoms with Gasteiger partial charge in [0, 0.05) is 41.3 Å². The van der Waals surface area contributed by atoms with Crippen molar-refractivity contribution in [2.75, 3.05) is 23.7 Å². The van der Waals surface area contributed by atoms with Gasteiger partial charge in [0.05, 0.1) is 0 Å². The predicted octanol–water partition coefficient (Wildman–Crippen LogP) is 4.18. The van der Waals surface area contributed by atoms with Crippen LogP contribution in [-0.2, 0) is 5.54 Å². The summed E-state index contributed by atoms with van der Waals surface area (Å²) in [6, 6.07) is 13.2. The van der Waals surface area contributed by atoms with Crippen molar-refractivity contribution in [1.82, 2.24) is 0 Å². The normalized spacial score (nSPS) is 16.6. The SMILES string of the molecule is N=Cc1c(N)cc(Cl)cc1N1CCC(N=O)(c2ccccc2)CC1. The van der Waals surface area contributed by atoms with E-state index in [0.717, 1.165) is 11.3 Å². The number of hydrogen-bond donors (Lipinski definition) is 2. The van der Waals surface area contributed by atoms with Crippen molar-refractivity contribution in [3.63, 3.8) is 0 Å². The zero-order valence-electron chi connectivity index (χ0n) is 13.2. The molecule has 0 atom stereocenters. The van der Waals surface area contributed by atoms with Gasteiger partial charge < -0.3 is 16.0 Å². The average Bonchev–Trinajstić information content (AvgIpc) is 2.62. The van der Waals surface area contributed by atoms with E-state index in [1.807, 2.05) is 36.4 Å². The first kappa shape index (κ1) is 16.5. The van der Waals surface area contributed by atoms with Crippen molar-refractivity contribution in [1.29, 1.82) is 5.41 Å². The van der Waals surface area contributed by atoms with E-state index in [4.69, 9.17) is 22.7 Å². The molecule has 24 heavy (non-hydrogen) atoms. The van der Waals surface area contributed by atoms with Crippen LogP contribution in [0.5, 0.6) is 0 Å². The van der Waals surface area contributed by atoms with Gasteiger partial charge in [-0.15, -0.1) is 4.91 Å². The molecule has 0 radical (unpaired) electrons. The Morgan fingerprint density at radius 3 is 2.46 bits per heavy atom. The van der Waals surface area contributed by atoms with Crippen LogP contribution < -0.4 is 10.6 Å². The van der Waals surface area contributed by atoms with E-state index in [1.165, 1.54) is 6.21 Å². The summed E-state index contributed by atoms with van der Waals surface area (Å²) in [4.78, 5) is 13.7. The summed E-state index contributed by atoms with van der Waals surface area (Å²) in [5.41, 5.74) is 8.23. The Bertz CT molecular complexity index is 755. The zero-order chi connectivity index (χ0) is 17.2. The number of nitrogen functional groups attached to an aromatic ring is 1. The van der Waals surface area contributed by atoms with Crippen LogP contribution in [0.25, 0.3) is 0 Å². The Labute approximate surface area is 145 Å². The molecule has 0 saturated carbocycles. The first-order valence-corrected chi connectivity index (χ1v) is 8.22. The third-order valence-electron chi connectivity index (χ3n) is 4.72. The van der Waals surface area contributed by atoms with Crippen LogP contribution >= 0.6 is 11.6 Å². The first-order chi connectivity index (χ1) is 11.6. The van der Waals surface area contributed by atoms with Gasteiger partial charge in [0.15, 0.2) is 0 Å². The van der Waals surface area contributed by atoms with Gasteiger partial charge in [0.1, 0.15) is 5.54 Å². The van der Waals surface area contributed by atoms with Crippen molar-refractivity contribution in [2.45, 2.75) is 18.4 Å². The van der Waals surface area contributed by atoms with E-state index in [-0.39, 0.29) is 0 Å². The lowest BCUT2D eigenvalue weighted by Crippen LogP contribution is -2.42. The number of rotatable bonds is 4. The third-order valence-corrected chi connectivity index (χ3v) is 4.93. The fourth-order valence-electron chi connectivity index (χ4n) is 3.34. The lowest BCUT2D eigenvalue weighted by molar-refractivity contribution is 0.343. The minimum atomic E-state index is -0.688. The topological polar surface area (TPSA) is 82.5 Å². The molecule has 2 aromatic carbocycles. The van der Waals surface area contributed by atoms with Crippen molar-refractivity contribution < 1.29 is 0 Å². The van der Waals surface area contributed by atoms with Crippen molar-refractivity contribution in [3.8, 4) is 0 Å². The minimum Gasteiger partial charge on any atom is -0.398 e. The summed E-state index contributed by atoms with van der Waals surface area (Å²) >= 11 is 6.13. The van der Waals surface area contributed by atoms with Crippen LogP contribution in [-0.4, -0.2) is 19.3 Å².